The van der Waals surface area contributed by atoms with Crippen molar-refractivity contribution in [1.82, 2.24) is 15.5 Å². The maximum Gasteiger partial charge on any atom is 0.253 e. The number of halogens is 1. The third-order valence-corrected chi connectivity index (χ3v) is 4.46. The van der Waals surface area contributed by atoms with Gasteiger partial charge in [0.05, 0.1) is 0 Å². The van der Waals surface area contributed by atoms with Gasteiger partial charge in [-0.05, 0) is 48.2 Å². The second kappa shape index (κ2) is 14.3. The minimum atomic E-state index is 0. The number of carbonyl (C=O) groups excluding carboxylic acids is 1. The molecule has 0 radical (unpaired) electrons. The third-order valence-electron chi connectivity index (χ3n) is 4.46. The van der Waals surface area contributed by atoms with E-state index in [0.29, 0.717) is 5.56 Å². The van der Waals surface area contributed by atoms with Gasteiger partial charge in [-0.1, -0.05) is 30.2 Å². The van der Waals surface area contributed by atoms with Crippen molar-refractivity contribution in [2.24, 2.45) is 4.99 Å². The highest BCUT2D eigenvalue weighted by Gasteiger charge is 2.08. The number of rotatable bonds is 9. The summed E-state index contributed by atoms with van der Waals surface area (Å²) in [5.41, 5.74) is 3.02. The number of benzene rings is 2. The maximum atomic E-state index is 12.1. The summed E-state index contributed by atoms with van der Waals surface area (Å²) in [5.74, 6) is 4.00. The summed E-state index contributed by atoms with van der Waals surface area (Å²) in [5, 5.41) is 6.63. The number of guanidine groups is 1. The van der Waals surface area contributed by atoms with Gasteiger partial charge in [-0.15, -0.1) is 30.4 Å². The van der Waals surface area contributed by atoms with Crippen LogP contribution in [0.4, 0.5) is 0 Å². The minimum Gasteiger partial charge on any atom is -0.481 e. The van der Waals surface area contributed by atoms with Crippen LogP contribution in [0.25, 0.3) is 0 Å². The largest absolute Gasteiger partial charge is 0.481 e. The van der Waals surface area contributed by atoms with Gasteiger partial charge in [-0.2, -0.15) is 0 Å². The molecule has 0 aliphatic rings. The van der Waals surface area contributed by atoms with Gasteiger partial charge in [0.1, 0.15) is 12.4 Å². The molecule has 0 saturated carbocycles. The second-order valence-electron chi connectivity index (χ2n) is 6.96. The molecular weight excluding hydrogens is 503 g/mol. The Balaban J connectivity index is 0.00000480. The van der Waals surface area contributed by atoms with Crippen molar-refractivity contribution in [3.8, 4) is 18.1 Å². The summed E-state index contributed by atoms with van der Waals surface area (Å²) in [6.45, 7) is 1.76. The van der Waals surface area contributed by atoms with E-state index in [4.69, 9.17) is 11.2 Å². The summed E-state index contributed by atoms with van der Waals surface area (Å²) in [6.07, 6.45) is 6.86. The molecule has 2 rings (SSSR count). The van der Waals surface area contributed by atoms with Crippen molar-refractivity contribution in [3.63, 3.8) is 0 Å². The first-order chi connectivity index (χ1) is 14.5. The Morgan fingerprint density at radius 1 is 1.06 bits per heavy atom. The molecule has 1 amide bonds. The van der Waals surface area contributed by atoms with Crippen molar-refractivity contribution in [3.05, 3.63) is 65.2 Å². The van der Waals surface area contributed by atoms with Crippen LogP contribution in [0.1, 0.15) is 21.5 Å². The highest BCUT2D eigenvalue weighted by atomic mass is 127. The number of terminal acetylenes is 1. The Morgan fingerprint density at radius 2 is 1.71 bits per heavy atom. The summed E-state index contributed by atoms with van der Waals surface area (Å²) in [6, 6.07) is 15.6. The van der Waals surface area contributed by atoms with Crippen molar-refractivity contribution >= 4 is 35.8 Å². The lowest BCUT2D eigenvalue weighted by atomic mass is 10.1. The molecule has 0 aromatic heterocycles. The molecule has 0 saturated heterocycles. The molecule has 0 fully saturated rings. The first-order valence-corrected chi connectivity index (χ1v) is 9.93. The average Bonchev–Trinajstić information content (AvgIpc) is 2.77. The third kappa shape index (κ3) is 9.30. The molecule has 0 heterocycles. The molecule has 166 valence electrons. The first-order valence-electron chi connectivity index (χ1n) is 9.93. The molecule has 31 heavy (non-hydrogen) atoms. The monoisotopic (exact) mass is 534 g/mol. The maximum absolute atomic E-state index is 12.1. The van der Waals surface area contributed by atoms with Crippen LogP contribution in [0.2, 0.25) is 0 Å². The molecule has 0 aliphatic carbocycles. The van der Waals surface area contributed by atoms with Gasteiger partial charge in [0, 0.05) is 39.8 Å². The Morgan fingerprint density at radius 3 is 2.29 bits per heavy atom. The highest BCUT2D eigenvalue weighted by molar-refractivity contribution is 14.0. The van der Waals surface area contributed by atoms with Crippen molar-refractivity contribution in [2.75, 3.05) is 40.8 Å². The lowest BCUT2D eigenvalue weighted by Crippen LogP contribution is -2.39. The van der Waals surface area contributed by atoms with Gasteiger partial charge in [-0.3, -0.25) is 9.79 Å². The first kappa shape index (κ1) is 26.3. The van der Waals surface area contributed by atoms with E-state index in [1.165, 1.54) is 5.56 Å². The lowest BCUT2D eigenvalue weighted by Gasteiger charge is -2.13. The number of ether oxygens (including phenoxy) is 1. The topological polar surface area (TPSA) is 66.0 Å². The normalized spacial score (nSPS) is 10.5. The van der Waals surface area contributed by atoms with Crippen LogP contribution in [-0.2, 0) is 12.8 Å². The fraction of sp³-hybridized carbons (Fsp3) is 0.333. The van der Waals surface area contributed by atoms with Crippen LogP contribution in [0.5, 0.6) is 5.75 Å². The van der Waals surface area contributed by atoms with E-state index in [2.05, 4.69) is 21.5 Å². The number of hydrogen-bond acceptors (Lipinski definition) is 3. The van der Waals surface area contributed by atoms with Crippen LogP contribution in [-0.4, -0.2) is 57.6 Å². The van der Waals surface area contributed by atoms with E-state index in [0.717, 1.165) is 43.2 Å². The highest BCUT2D eigenvalue weighted by Crippen LogP contribution is 2.12. The molecule has 0 unspecified atom stereocenters. The van der Waals surface area contributed by atoms with Gasteiger partial charge in [0.2, 0.25) is 0 Å². The smallest absolute Gasteiger partial charge is 0.253 e. The van der Waals surface area contributed by atoms with Crippen LogP contribution in [0, 0.1) is 12.3 Å². The van der Waals surface area contributed by atoms with Crippen LogP contribution in [0.3, 0.4) is 0 Å². The molecule has 0 atom stereocenters. The SMILES string of the molecule is C#CCOc1ccc(CCNC(=NC)NCCc2cccc(C(=O)N(C)C)c2)cc1.I. The van der Waals surface area contributed by atoms with E-state index in [1.807, 2.05) is 48.5 Å². The minimum absolute atomic E-state index is 0. The van der Waals surface area contributed by atoms with Gasteiger partial charge < -0.3 is 20.3 Å². The number of carbonyl (C=O) groups is 1. The Bertz CT molecular complexity index is 889. The molecule has 2 N–H and O–H groups in total. The van der Waals surface area contributed by atoms with Gasteiger partial charge in [-0.25, -0.2) is 0 Å². The van der Waals surface area contributed by atoms with Crippen LogP contribution in [0.15, 0.2) is 53.5 Å². The summed E-state index contributed by atoms with van der Waals surface area (Å²) in [7, 11) is 5.27. The van der Waals surface area contributed by atoms with E-state index < -0.39 is 0 Å². The predicted octanol–water partition coefficient (Wildman–Crippen LogP) is 2.97. The molecule has 0 bridgehead atoms. The number of nitrogens with one attached hydrogen (secondary N) is 2. The fourth-order valence-electron chi connectivity index (χ4n) is 2.87. The Kier molecular flexibility index (Phi) is 12.1. The summed E-state index contributed by atoms with van der Waals surface area (Å²) < 4.78 is 5.38. The molecular formula is C24H31IN4O2. The van der Waals surface area contributed by atoms with Crippen LogP contribution < -0.4 is 15.4 Å². The van der Waals surface area contributed by atoms with E-state index in [-0.39, 0.29) is 36.5 Å². The second-order valence-corrected chi connectivity index (χ2v) is 6.96. The number of nitrogens with zero attached hydrogens (tertiary/aromatic N) is 2. The zero-order valence-corrected chi connectivity index (χ0v) is 20.7. The van der Waals surface area contributed by atoms with Crippen molar-refractivity contribution < 1.29 is 9.53 Å². The standard InChI is InChI=1S/C24H30N4O2.HI/c1-5-17-30-22-11-9-19(10-12-22)13-15-26-24(25-2)27-16-14-20-7-6-8-21(18-20)23(29)28(3)4;/h1,6-12,18H,13-17H2,2-4H3,(H2,25,26,27);1H. The number of amides is 1. The number of hydrogen-bond donors (Lipinski definition) is 2. The van der Waals surface area contributed by atoms with E-state index >= 15 is 0 Å². The molecule has 0 aliphatic heterocycles. The summed E-state index contributed by atoms with van der Waals surface area (Å²) >= 11 is 0. The lowest BCUT2D eigenvalue weighted by molar-refractivity contribution is 0.0827. The van der Waals surface area contributed by atoms with Crippen LogP contribution >= 0.6 is 24.0 Å². The molecule has 2 aromatic rings. The Hall–Kier alpha value is -2.73. The zero-order valence-electron chi connectivity index (χ0n) is 18.4. The number of aliphatic imine (C=N–C) groups is 1. The predicted molar refractivity (Wildman–Crippen MR) is 137 cm³/mol. The van der Waals surface area contributed by atoms with E-state index in [1.54, 1.807) is 26.0 Å². The molecule has 2 aromatic carbocycles. The van der Waals surface area contributed by atoms with Gasteiger partial charge >= 0.3 is 0 Å². The fourth-order valence-corrected chi connectivity index (χ4v) is 2.87. The van der Waals surface area contributed by atoms with Crippen molar-refractivity contribution in [2.45, 2.75) is 12.8 Å². The Labute approximate surface area is 202 Å². The van der Waals surface area contributed by atoms with Gasteiger partial charge in [0.15, 0.2) is 5.96 Å². The molecule has 0 spiro atoms. The zero-order chi connectivity index (χ0) is 21.8. The average molecular weight is 534 g/mol. The van der Waals surface area contributed by atoms with Gasteiger partial charge in [0.25, 0.3) is 5.91 Å². The molecule has 6 nitrogen and oxygen atoms in total. The quantitative estimate of drug-likeness (QED) is 0.225. The van der Waals surface area contributed by atoms with E-state index in [9.17, 15) is 4.79 Å². The van der Waals surface area contributed by atoms with Crippen molar-refractivity contribution in [1.29, 1.82) is 0 Å². The molecule has 7 heteroatoms. The summed E-state index contributed by atoms with van der Waals surface area (Å²) in [4.78, 5) is 17.9.